The normalized spacial score (nSPS) is 13.7. The fourth-order valence-corrected chi connectivity index (χ4v) is 4.55. The zero-order chi connectivity index (χ0) is 25.1. The number of aryl methyl sites for hydroxylation is 2. The molecule has 2 heterocycles. The van der Waals surface area contributed by atoms with Crippen molar-refractivity contribution in [2.24, 2.45) is 0 Å². The van der Waals surface area contributed by atoms with Crippen LogP contribution in [0.4, 0.5) is 5.69 Å². The van der Waals surface area contributed by atoms with Crippen molar-refractivity contribution in [3.63, 3.8) is 0 Å². The zero-order valence-electron chi connectivity index (χ0n) is 21.0. The second kappa shape index (κ2) is 10.4. The maximum Gasteiger partial charge on any atom is 0.257 e. The number of carbonyl (C=O) groups excluding carboxylic acids is 1. The highest BCUT2D eigenvalue weighted by molar-refractivity contribution is 6.01. The van der Waals surface area contributed by atoms with Crippen molar-refractivity contribution in [3.05, 3.63) is 88.8 Å². The number of aromatic nitrogens is 1. The van der Waals surface area contributed by atoms with E-state index >= 15 is 0 Å². The largest absolute Gasteiger partial charge is 0.488 e. The number of ether oxygens (including phenoxy) is 2. The first-order valence-corrected chi connectivity index (χ1v) is 12.2. The van der Waals surface area contributed by atoms with Crippen LogP contribution in [-0.2, 0) is 17.9 Å². The number of morpholine rings is 1. The average molecular weight is 486 g/mol. The summed E-state index contributed by atoms with van der Waals surface area (Å²) < 4.78 is 16.9. The lowest BCUT2D eigenvalue weighted by Gasteiger charge is -2.29. The molecule has 0 aliphatic carbocycles. The molecule has 0 N–H and O–H groups in total. The number of hydrogen-bond acceptors (Lipinski definition) is 6. The number of nitrogens with zero attached hydrogens (tertiary/aromatic N) is 3. The van der Waals surface area contributed by atoms with Gasteiger partial charge in [-0.25, -0.2) is 0 Å². The number of amides is 1. The molecule has 3 aromatic carbocycles. The summed E-state index contributed by atoms with van der Waals surface area (Å²) in [5, 5.41) is 6.02. The first-order chi connectivity index (χ1) is 17.5. The Hall–Kier alpha value is -3.84. The van der Waals surface area contributed by atoms with Crippen molar-refractivity contribution in [3.8, 4) is 5.75 Å². The molecule has 186 valence electrons. The van der Waals surface area contributed by atoms with Crippen LogP contribution in [0.25, 0.3) is 10.8 Å². The van der Waals surface area contributed by atoms with E-state index in [-0.39, 0.29) is 12.5 Å². The van der Waals surface area contributed by atoms with Gasteiger partial charge in [0.1, 0.15) is 18.1 Å². The van der Waals surface area contributed by atoms with Crippen LogP contribution in [0.1, 0.15) is 32.9 Å². The molecule has 0 unspecified atom stereocenters. The summed E-state index contributed by atoms with van der Waals surface area (Å²) in [5.41, 5.74) is 4.48. The van der Waals surface area contributed by atoms with Crippen LogP contribution in [-0.4, -0.2) is 49.3 Å². The molecular weight excluding hydrogens is 454 g/mol. The molecule has 1 fully saturated rings. The molecule has 5 rings (SSSR count). The molecule has 0 radical (unpaired) electrons. The SMILES string of the molecule is Cc1noc(C)c1COc1cc2ccccc2cc1C(=O)N(C)Cc1ccc(N2CCOCC2)cc1. The Labute approximate surface area is 211 Å². The Morgan fingerprint density at radius 1 is 1.03 bits per heavy atom. The molecule has 1 amide bonds. The summed E-state index contributed by atoms with van der Waals surface area (Å²) in [5.74, 6) is 1.18. The van der Waals surface area contributed by atoms with Crippen LogP contribution >= 0.6 is 0 Å². The summed E-state index contributed by atoms with van der Waals surface area (Å²) in [6, 6.07) is 20.2. The number of rotatable bonds is 7. The van der Waals surface area contributed by atoms with Gasteiger partial charge in [0.05, 0.1) is 30.0 Å². The van der Waals surface area contributed by atoms with Gasteiger partial charge in [0, 0.05) is 32.4 Å². The minimum atomic E-state index is -0.0910. The predicted molar refractivity (Wildman–Crippen MR) is 140 cm³/mol. The standard InChI is InChI=1S/C29H31N3O4/c1-20-27(21(2)36-30-20)19-35-28-17-24-7-5-4-6-23(24)16-26(28)29(33)31(3)18-22-8-10-25(11-9-22)32-12-14-34-15-13-32/h4-11,16-17H,12-15,18-19H2,1-3H3. The number of benzene rings is 3. The molecular formula is C29H31N3O4. The van der Waals surface area contributed by atoms with E-state index in [9.17, 15) is 4.79 Å². The molecule has 0 atom stereocenters. The van der Waals surface area contributed by atoms with Crippen molar-refractivity contribution < 1.29 is 18.8 Å². The maximum absolute atomic E-state index is 13.6. The van der Waals surface area contributed by atoms with Gasteiger partial charge in [-0.05, 0) is 54.4 Å². The lowest BCUT2D eigenvalue weighted by molar-refractivity contribution is 0.0780. The number of fused-ring (bicyclic) bond motifs is 1. The summed E-state index contributed by atoms with van der Waals surface area (Å²) in [6.07, 6.45) is 0. The molecule has 1 aliphatic rings. The summed E-state index contributed by atoms with van der Waals surface area (Å²) in [4.78, 5) is 17.7. The second-order valence-electron chi connectivity index (χ2n) is 9.21. The molecule has 0 saturated carbocycles. The third-order valence-corrected chi connectivity index (χ3v) is 6.71. The van der Waals surface area contributed by atoms with Gasteiger partial charge < -0.3 is 23.8 Å². The van der Waals surface area contributed by atoms with Gasteiger partial charge in [-0.15, -0.1) is 0 Å². The zero-order valence-corrected chi connectivity index (χ0v) is 21.0. The molecule has 4 aromatic rings. The van der Waals surface area contributed by atoms with Gasteiger partial charge in [0.15, 0.2) is 0 Å². The fraction of sp³-hybridized carbons (Fsp3) is 0.310. The average Bonchev–Trinajstić information content (AvgIpc) is 3.24. The van der Waals surface area contributed by atoms with Gasteiger partial charge in [-0.2, -0.15) is 0 Å². The highest BCUT2D eigenvalue weighted by Gasteiger charge is 2.20. The summed E-state index contributed by atoms with van der Waals surface area (Å²) in [6.45, 7) is 7.84. The van der Waals surface area contributed by atoms with Crippen LogP contribution in [0.3, 0.4) is 0 Å². The van der Waals surface area contributed by atoms with E-state index in [1.165, 1.54) is 5.69 Å². The molecule has 7 nitrogen and oxygen atoms in total. The maximum atomic E-state index is 13.6. The van der Waals surface area contributed by atoms with Crippen molar-refractivity contribution in [1.29, 1.82) is 0 Å². The van der Waals surface area contributed by atoms with Crippen LogP contribution in [0.2, 0.25) is 0 Å². The molecule has 0 spiro atoms. The monoisotopic (exact) mass is 485 g/mol. The van der Waals surface area contributed by atoms with E-state index in [2.05, 4.69) is 34.3 Å². The Morgan fingerprint density at radius 3 is 2.39 bits per heavy atom. The predicted octanol–water partition coefficient (Wildman–Crippen LogP) is 5.13. The number of anilines is 1. The quantitative estimate of drug-likeness (QED) is 0.361. The van der Waals surface area contributed by atoms with E-state index in [0.717, 1.165) is 59.7 Å². The van der Waals surface area contributed by atoms with Crippen LogP contribution in [0, 0.1) is 13.8 Å². The molecule has 7 heteroatoms. The van der Waals surface area contributed by atoms with Gasteiger partial charge in [0.25, 0.3) is 5.91 Å². The minimum absolute atomic E-state index is 0.0910. The second-order valence-corrected chi connectivity index (χ2v) is 9.21. The Kier molecular flexibility index (Phi) is 6.91. The lowest BCUT2D eigenvalue weighted by Crippen LogP contribution is -2.36. The van der Waals surface area contributed by atoms with Crippen LogP contribution in [0.15, 0.2) is 65.2 Å². The topological polar surface area (TPSA) is 68.0 Å². The molecule has 1 aliphatic heterocycles. The number of carbonyl (C=O) groups is 1. The Bertz CT molecular complexity index is 1340. The third kappa shape index (κ3) is 5.06. The summed E-state index contributed by atoms with van der Waals surface area (Å²) in [7, 11) is 1.82. The van der Waals surface area contributed by atoms with Gasteiger partial charge in [0.2, 0.25) is 0 Å². The highest BCUT2D eigenvalue weighted by atomic mass is 16.5. The van der Waals surface area contributed by atoms with Gasteiger partial charge in [-0.3, -0.25) is 4.79 Å². The fourth-order valence-electron chi connectivity index (χ4n) is 4.55. The highest BCUT2D eigenvalue weighted by Crippen LogP contribution is 2.29. The smallest absolute Gasteiger partial charge is 0.257 e. The summed E-state index contributed by atoms with van der Waals surface area (Å²) >= 11 is 0. The molecule has 36 heavy (non-hydrogen) atoms. The van der Waals surface area contributed by atoms with Crippen molar-refractivity contribution in [2.75, 3.05) is 38.3 Å². The van der Waals surface area contributed by atoms with E-state index in [4.69, 9.17) is 14.0 Å². The molecule has 1 aromatic heterocycles. The van der Waals surface area contributed by atoms with E-state index in [1.54, 1.807) is 4.90 Å². The van der Waals surface area contributed by atoms with Gasteiger partial charge in [-0.1, -0.05) is 41.6 Å². The third-order valence-electron chi connectivity index (χ3n) is 6.71. The van der Waals surface area contributed by atoms with Crippen molar-refractivity contribution >= 4 is 22.4 Å². The van der Waals surface area contributed by atoms with E-state index in [1.807, 2.05) is 57.3 Å². The lowest BCUT2D eigenvalue weighted by atomic mass is 10.0. The van der Waals surface area contributed by atoms with Crippen LogP contribution in [0.5, 0.6) is 5.75 Å². The first-order valence-electron chi connectivity index (χ1n) is 12.2. The Balaban J connectivity index is 1.36. The molecule has 0 bridgehead atoms. The van der Waals surface area contributed by atoms with E-state index in [0.29, 0.717) is 17.9 Å². The minimum Gasteiger partial charge on any atom is -0.488 e. The Morgan fingerprint density at radius 2 is 1.72 bits per heavy atom. The van der Waals surface area contributed by atoms with E-state index < -0.39 is 0 Å². The van der Waals surface area contributed by atoms with Crippen molar-refractivity contribution in [2.45, 2.75) is 27.0 Å². The first kappa shape index (κ1) is 23.9. The molecule has 1 saturated heterocycles. The van der Waals surface area contributed by atoms with Crippen LogP contribution < -0.4 is 9.64 Å². The van der Waals surface area contributed by atoms with Crippen molar-refractivity contribution in [1.82, 2.24) is 10.1 Å². The van der Waals surface area contributed by atoms with Gasteiger partial charge >= 0.3 is 0 Å². The number of hydrogen-bond donors (Lipinski definition) is 0.